The van der Waals surface area contributed by atoms with E-state index in [1.807, 2.05) is 104 Å². The summed E-state index contributed by atoms with van der Waals surface area (Å²) in [5, 5.41) is 0. The molecule has 0 radical (unpaired) electrons. The zero-order valence-electron chi connectivity index (χ0n) is 76.6. The van der Waals surface area contributed by atoms with Crippen molar-refractivity contribution in [2.45, 2.75) is 599 Å². The van der Waals surface area contributed by atoms with Gasteiger partial charge in [0.25, 0.3) is 0 Å². The lowest BCUT2D eigenvalue weighted by Crippen LogP contribution is -2.49. The van der Waals surface area contributed by atoms with E-state index in [2.05, 4.69) is 83.1 Å². The maximum atomic E-state index is 12.8. The number of hydrogen-bond acceptors (Lipinski definition) is 12. The van der Waals surface area contributed by atoms with Gasteiger partial charge in [-0.15, -0.1) is 0 Å². The summed E-state index contributed by atoms with van der Waals surface area (Å²) in [6.45, 7) is 56.1. The van der Waals surface area contributed by atoms with Crippen molar-refractivity contribution in [2.24, 2.45) is 72.9 Å². The van der Waals surface area contributed by atoms with Crippen molar-refractivity contribution in [3.8, 4) is 0 Å². The number of esters is 6. The van der Waals surface area contributed by atoms with Crippen molar-refractivity contribution in [1.29, 1.82) is 0 Å². The highest BCUT2D eigenvalue weighted by molar-refractivity contribution is 5.79. The molecule has 12 heteroatoms. The van der Waals surface area contributed by atoms with Gasteiger partial charge in [-0.2, -0.15) is 0 Å². The summed E-state index contributed by atoms with van der Waals surface area (Å²) in [6.07, 6.45) is 52.8. The van der Waals surface area contributed by atoms with Gasteiger partial charge in [0.2, 0.25) is 0 Å². The summed E-state index contributed by atoms with van der Waals surface area (Å²) in [5.74, 6) is 3.18. The van der Waals surface area contributed by atoms with Crippen LogP contribution in [0.3, 0.4) is 0 Å². The first-order valence-electron chi connectivity index (χ1n) is 45.9. The molecule has 0 N–H and O–H groups in total. The van der Waals surface area contributed by atoms with Crippen LogP contribution in [0.15, 0.2) is 0 Å². The fourth-order valence-electron chi connectivity index (χ4n) is 18.7. The van der Waals surface area contributed by atoms with Crippen LogP contribution in [-0.2, 0) is 57.2 Å². The quantitative estimate of drug-likeness (QED) is 0.0646. The van der Waals surface area contributed by atoms with Crippen molar-refractivity contribution < 1.29 is 57.2 Å². The minimum absolute atomic E-state index is 0. The summed E-state index contributed by atoms with van der Waals surface area (Å²) in [6, 6.07) is 0. The third kappa shape index (κ3) is 38.2. The topological polar surface area (TPSA) is 158 Å². The lowest BCUT2D eigenvalue weighted by Gasteiger charge is -2.47. The molecule has 0 saturated heterocycles. The number of fused-ring (bicyclic) bond motifs is 4. The Hall–Kier alpha value is -3.18. The molecule has 6 atom stereocenters. The van der Waals surface area contributed by atoms with E-state index in [1.54, 1.807) is 0 Å². The van der Waals surface area contributed by atoms with Crippen LogP contribution in [0.2, 0.25) is 0 Å². The molecule has 9 rings (SSSR count). The summed E-state index contributed by atoms with van der Waals surface area (Å²) >= 11 is 0. The minimum Gasteiger partial charge on any atom is -0.459 e. The Labute approximate surface area is 760 Å². The standard InChI is InChI=1S/C20H36O2.C17H30O2.C17H32O2.C15H28O2.C14H24O2.C14H26O2.12CH4/c1-5-19(2,3)18(21)22-20(4,16-12-8-6-9-13-16)17-14-10-7-11-15-17;1-8-14(2,3)13(18)19-17(7)11-12-9-10-16(17,6)15(12,4)5;1-5-16(2,3)15(18)19-17(4)13-11-9-7-6-8-10-12-14-17;1-5-14(2,3)13(16)17-15(4)11-9-7-6-8-10-12-15;1-5-13(2,3)12(15)16-14(4)9-10-6-7-11(14)8-10;1-5-13(2,3)12(15)16-14(4)10-8-6-7-9-11-14;;;;;;;;;;;;/h16-17H,5-15H2,1-4H3;12H,8-11H2,1-7H3;5-14H2,1-4H3;5-12H2,1-4H3;10-11H,5-9H2,1-4H3;5-11H2,1-4H3;12*1H4. The number of carbonyl (C=O) groups is 6. The molecule has 0 aromatic rings. The van der Waals surface area contributed by atoms with Gasteiger partial charge in [0.1, 0.15) is 33.6 Å². The lowest BCUT2D eigenvalue weighted by atomic mass is 9.65. The molecule has 0 amide bonds. The first kappa shape index (κ1) is 136. The number of carbonyl (C=O) groups excluding carboxylic acids is 6. The Morgan fingerprint density at radius 1 is 0.273 bits per heavy atom. The van der Waals surface area contributed by atoms with E-state index in [0.29, 0.717) is 23.7 Å². The van der Waals surface area contributed by atoms with Gasteiger partial charge in [-0.3, -0.25) is 28.8 Å². The van der Waals surface area contributed by atoms with Crippen molar-refractivity contribution in [2.75, 3.05) is 0 Å². The van der Waals surface area contributed by atoms with Crippen LogP contribution < -0.4 is 0 Å². The van der Waals surface area contributed by atoms with E-state index < -0.39 is 0 Å². The maximum absolute atomic E-state index is 12.8. The van der Waals surface area contributed by atoms with Gasteiger partial charge < -0.3 is 28.4 Å². The van der Waals surface area contributed by atoms with Gasteiger partial charge in [-0.25, -0.2) is 0 Å². The zero-order valence-corrected chi connectivity index (χ0v) is 76.6. The molecule has 9 fully saturated rings. The van der Waals surface area contributed by atoms with Gasteiger partial charge in [-0.1, -0.05) is 254 Å². The van der Waals surface area contributed by atoms with Gasteiger partial charge in [0.05, 0.1) is 32.5 Å². The molecule has 12 nitrogen and oxygen atoms in total. The molecule has 121 heavy (non-hydrogen) atoms. The third-order valence-electron chi connectivity index (χ3n) is 31.2. The van der Waals surface area contributed by atoms with E-state index in [0.717, 1.165) is 95.8 Å². The molecule has 9 aliphatic carbocycles. The van der Waals surface area contributed by atoms with Crippen LogP contribution in [-0.4, -0.2) is 69.4 Å². The molecule has 9 aliphatic rings. The number of rotatable bonds is 20. The number of ether oxygens (including phenoxy) is 6. The second-order valence-electron chi connectivity index (χ2n) is 42.7. The van der Waals surface area contributed by atoms with Crippen LogP contribution in [0.4, 0.5) is 0 Å². The molecule has 9 saturated carbocycles. The van der Waals surface area contributed by atoms with Crippen molar-refractivity contribution in [1.82, 2.24) is 0 Å². The van der Waals surface area contributed by atoms with Crippen LogP contribution in [0, 0.1) is 72.9 Å². The van der Waals surface area contributed by atoms with Gasteiger partial charge >= 0.3 is 35.8 Å². The van der Waals surface area contributed by atoms with Gasteiger partial charge in [0, 0.05) is 5.41 Å². The fourth-order valence-corrected chi connectivity index (χ4v) is 18.7. The Morgan fingerprint density at radius 3 is 0.752 bits per heavy atom. The molecule has 0 aromatic carbocycles. The summed E-state index contributed by atoms with van der Waals surface area (Å²) in [5.41, 5.74) is -3.03. The molecule has 732 valence electrons. The molecule has 0 aliphatic heterocycles. The average Bonchev–Trinajstić information content (AvgIpc) is 1.53. The van der Waals surface area contributed by atoms with E-state index in [9.17, 15) is 28.8 Å². The molecule has 6 unspecified atom stereocenters. The second kappa shape index (κ2) is 57.7. The predicted octanol–water partition coefficient (Wildman–Crippen LogP) is 35.4. The first-order valence-corrected chi connectivity index (χ1v) is 45.9. The minimum atomic E-state index is -0.370. The second-order valence-corrected chi connectivity index (χ2v) is 42.7. The normalized spacial score (nSPS) is 24.7. The predicted molar refractivity (Wildman–Crippen MR) is 532 cm³/mol. The largest absolute Gasteiger partial charge is 0.459 e. The monoisotopic (exact) mass is 1730 g/mol. The Kier molecular flexibility index (Phi) is 64.7. The maximum Gasteiger partial charge on any atom is 0.312 e. The highest BCUT2D eigenvalue weighted by atomic mass is 16.6. The third-order valence-corrected chi connectivity index (χ3v) is 31.2. The zero-order chi connectivity index (χ0) is 82.4. The smallest absolute Gasteiger partial charge is 0.312 e. The lowest BCUT2D eigenvalue weighted by molar-refractivity contribution is -0.187. The Morgan fingerprint density at radius 2 is 0.521 bits per heavy atom. The van der Waals surface area contributed by atoms with E-state index in [4.69, 9.17) is 28.4 Å². The molecular weight excluding hydrogens is 1500 g/mol. The van der Waals surface area contributed by atoms with Crippen LogP contribution in [0.1, 0.15) is 565 Å². The van der Waals surface area contributed by atoms with E-state index in [-0.39, 0.29) is 202 Å². The SMILES string of the molecule is C.C.C.C.C.C.C.C.C.C.C.C.CCC(C)(C)C(=O)OC(C)(C1CCCCC1)C1CCCCC1.CCC(C)(C)C(=O)OC1(C)CC2CCC1(C)C2(C)C.CCC(C)(C)C(=O)OC1(C)CC2CCC1C2.CCC(C)(C)C(=O)OC1(C)CCCCCC1.CCC(C)(C)C(=O)OC1(C)CCCCCCC1.CCC(C)(C)C(=O)OC1(C)CCCCCCCCC1. The van der Waals surface area contributed by atoms with Crippen LogP contribution in [0.25, 0.3) is 0 Å². The van der Waals surface area contributed by atoms with Crippen LogP contribution >= 0.6 is 0 Å². The van der Waals surface area contributed by atoms with E-state index in [1.165, 1.54) is 199 Å². The van der Waals surface area contributed by atoms with Crippen molar-refractivity contribution >= 4 is 35.8 Å². The highest BCUT2D eigenvalue weighted by Crippen LogP contribution is 2.71. The average molecular weight is 1730 g/mol. The number of hydrogen-bond donors (Lipinski definition) is 0. The van der Waals surface area contributed by atoms with E-state index >= 15 is 0 Å². The Bertz CT molecular complexity index is 2740. The molecule has 0 heterocycles. The fraction of sp³-hybridized carbons (Fsp3) is 0.945. The summed E-state index contributed by atoms with van der Waals surface area (Å²) in [7, 11) is 0. The summed E-state index contributed by atoms with van der Waals surface area (Å²) < 4.78 is 35.8. The molecule has 0 aromatic heterocycles. The van der Waals surface area contributed by atoms with Crippen molar-refractivity contribution in [3.63, 3.8) is 0 Å². The highest BCUT2D eigenvalue weighted by Gasteiger charge is 2.69. The first-order chi connectivity index (χ1) is 50.5. The molecule has 4 bridgehead atoms. The Balaban J connectivity index is -0.000000175. The molecule has 0 spiro atoms. The van der Waals surface area contributed by atoms with Gasteiger partial charge in [0.15, 0.2) is 0 Å². The van der Waals surface area contributed by atoms with Crippen molar-refractivity contribution in [3.05, 3.63) is 0 Å². The van der Waals surface area contributed by atoms with Gasteiger partial charge in [-0.05, 0) is 346 Å². The van der Waals surface area contributed by atoms with Crippen LogP contribution in [0.5, 0.6) is 0 Å². The summed E-state index contributed by atoms with van der Waals surface area (Å²) in [4.78, 5) is 73.9. The molecular formula is C109H224O12.